The lowest BCUT2D eigenvalue weighted by Gasteiger charge is -2.14. The normalized spacial score (nSPS) is 19.6. The molecule has 0 aromatic heterocycles. The predicted molar refractivity (Wildman–Crippen MR) is 78.0 cm³/mol. The van der Waals surface area contributed by atoms with Crippen molar-refractivity contribution in [1.29, 1.82) is 0 Å². The van der Waals surface area contributed by atoms with Crippen molar-refractivity contribution in [1.82, 2.24) is 5.32 Å². The number of nitrogens with one attached hydrogen (secondary N) is 1. The Bertz CT molecular complexity index is 424. The van der Waals surface area contributed by atoms with Gasteiger partial charge in [-0.2, -0.15) is 0 Å². The van der Waals surface area contributed by atoms with Crippen LogP contribution >= 0.6 is 0 Å². The Kier molecular flexibility index (Phi) is 5.41. The van der Waals surface area contributed by atoms with Gasteiger partial charge in [0.05, 0.1) is 7.11 Å². The molecule has 0 radical (unpaired) electrons. The summed E-state index contributed by atoms with van der Waals surface area (Å²) in [5, 5.41) is 2.96. The summed E-state index contributed by atoms with van der Waals surface area (Å²) in [5.41, 5.74) is 1.26. The number of hydrogen-bond donors (Lipinski definition) is 1. The van der Waals surface area contributed by atoms with Gasteiger partial charge in [-0.3, -0.25) is 4.79 Å². The summed E-state index contributed by atoms with van der Waals surface area (Å²) >= 11 is 0. The SMILES string of the molecule is COc1ccc(C(C)CCNC(=O)C2CCCO2)cc1. The Morgan fingerprint density at radius 3 is 2.80 bits per heavy atom. The van der Waals surface area contributed by atoms with Gasteiger partial charge in [-0.25, -0.2) is 0 Å². The first kappa shape index (κ1) is 14.9. The second kappa shape index (κ2) is 7.29. The molecule has 4 heteroatoms. The van der Waals surface area contributed by atoms with Crippen LogP contribution in [0.3, 0.4) is 0 Å². The van der Waals surface area contributed by atoms with Crippen molar-refractivity contribution in [2.45, 2.75) is 38.2 Å². The highest BCUT2D eigenvalue weighted by Crippen LogP contribution is 2.21. The fraction of sp³-hybridized carbons (Fsp3) is 0.562. The lowest BCUT2D eigenvalue weighted by Crippen LogP contribution is -2.35. The molecule has 2 rings (SSSR count). The average molecular weight is 277 g/mol. The minimum absolute atomic E-state index is 0.0319. The lowest BCUT2D eigenvalue weighted by molar-refractivity contribution is -0.130. The van der Waals surface area contributed by atoms with E-state index in [-0.39, 0.29) is 12.0 Å². The number of rotatable bonds is 6. The third-order valence-corrected chi connectivity index (χ3v) is 3.78. The number of carbonyl (C=O) groups is 1. The van der Waals surface area contributed by atoms with E-state index in [1.54, 1.807) is 7.11 Å². The van der Waals surface area contributed by atoms with Crippen molar-refractivity contribution in [3.8, 4) is 5.75 Å². The van der Waals surface area contributed by atoms with Crippen LogP contribution in [0.2, 0.25) is 0 Å². The molecule has 2 unspecified atom stereocenters. The van der Waals surface area contributed by atoms with Gasteiger partial charge in [0.2, 0.25) is 5.91 Å². The summed E-state index contributed by atoms with van der Waals surface area (Å²) in [5.74, 6) is 1.31. The third kappa shape index (κ3) is 3.97. The largest absolute Gasteiger partial charge is 0.497 e. The molecule has 20 heavy (non-hydrogen) atoms. The van der Waals surface area contributed by atoms with Gasteiger partial charge in [-0.05, 0) is 42.9 Å². The second-order valence-corrected chi connectivity index (χ2v) is 5.26. The van der Waals surface area contributed by atoms with Crippen LogP contribution in [0.4, 0.5) is 0 Å². The second-order valence-electron chi connectivity index (χ2n) is 5.26. The highest BCUT2D eigenvalue weighted by Gasteiger charge is 2.23. The van der Waals surface area contributed by atoms with E-state index in [0.29, 0.717) is 19.1 Å². The fourth-order valence-electron chi connectivity index (χ4n) is 2.41. The van der Waals surface area contributed by atoms with Crippen LogP contribution in [-0.4, -0.2) is 32.3 Å². The molecule has 1 fully saturated rings. The van der Waals surface area contributed by atoms with E-state index in [1.165, 1.54) is 5.56 Å². The molecular weight excluding hydrogens is 254 g/mol. The van der Waals surface area contributed by atoms with Crippen LogP contribution in [0, 0.1) is 0 Å². The minimum Gasteiger partial charge on any atom is -0.497 e. The van der Waals surface area contributed by atoms with Crippen LogP contribution in [0.5, 0.6) is 5.75 Å². The summed E-state index contributed by atoms with van der Waals surface area (Å²) < 4.78 is 10.5. The highest BCUT2D eigenvalue weighted by atomic mass is 16.5. The number of carbonyl (C=O) groups excluding carboxylic acids is 1. The van der Waals surface area contributed by atoms with E-state index in [9.17, 15) is 4.79 Å². The predicted octanol–water partition coefficient (Wildman–Crippen LogP) is 2.48. The number of amides is 1. The van der Waals surface area contributed by atoms with Gasteiger partial charge in [0.15, 0.2) is 0 Å². The molecule has 110 valence electrons. The molecule has 1 saturated heterocycles. The van der Waals surface area contributed by atoms with Crippen LogP contribution < -0.4 is 10.1 Å². The Morgan fingerprint density at radius 1 is 1.45 bits per heavy atom. The smallest absolute Gasteiger partial charge is 0.249 e. The molecule has 0 spiro atoms. The van der Waals surface area contributed by atoms with E-state index in [2.05, 4.69) is 24.4 Å². The zero-order valence-corrected chi connectivity index (χ0v) is 12.2. The van der Waals surface area contributed by atoms with Crippen LogP contribution in [0.1, 0.15) is 37.7 Å². The molecule has 0 saturated carbocycles. The third-order valence-electron chi connectivity index (χ3n) is 3.78. The van der Waals surface area contributed by atoms with Crippen molar-refractivity contribution in [3.05, 3.63) is 29.8 Å². The molecule has 1 aliphatic rings. The van der Waals surface area contributed by atoms with Crippen molar-refractivity contribution in [3.63, 3.8) is 0 Å². The fourth-order valence-corrected chi connectivity index (χ4v) is 2.41. The lowest BCUT2D eigenvalue weighted by atomic mass is 9.98. The zero-order valence-electron chi connectivity index (χ0n) is 12.2. The van der Waals surface area contributed by atoms with Gasteiger partial charge in [-0.1, -0.05) is 19.1 Å². The summed E-state index contributed by atoms with van der Waals surface area (Å²) in [6.07, 6.45) is 2.52. The molecule has 1 heterocycles. The van der Waals surface area contributed by atoms with Gasteiger partial charge in [0.1, 0.15) is 11.9 Å². The van der Waals surface area contributed by atoms with Crippen LogP contribution in [-0.2, 0) is 9.53 Å². The molecule has 1 aliphatic heterocycles. The van der Waals surface area contributed by atoms with E-state index >= 15 is 0 Å². The molecule has 1 N–H and O–H groups in total. The average Bonchev–Trinajstić information content (AvgIpc) is 3.01. The standard InChI is InChI=1S/C16H23NO3/c1-12(13-5-7-14(19-2)8-6-13)9-10-17-16(18)15-4-3-11-20-15/h5-8,12,15H,3-4,9-11H2,1-2H3,(H,17,18). The summed E-state index contributed by atoms with van der Waals surface area (Å²) in [7, 11) is 1.67. The van der Waals surface area contributed by atoms with Crippen molar-refractivity contribution >= 4 is 5.91 Å². The minimum atomic E-state index is -0.230. The maximum atomic E-state index is 11.8. The van der Waals surface area contributed by atoms with Gasteiger partial charge in [0.25, 0.3) is 0 Å². The first-order valence-electron chi connectivity index (χ1n) is 7.24. The highest BCUT2D eigenvalue weighted by molar-refractivity contribution is 5.80. The van der Waals surface area contributed by atoms with Crippen LogP contribution in [0.15, 0.2) is 24.3 Å². The summed E-state index contributed by atoms with van der Waals surface area (Å²) in [6, 6.07) is 8.09. The number of methoxy groups -OCH3 is 1. The Labute approximate surface area is 120 Å². The van der Waals surface area contributed by atoms with Crippen LogP contribution in [0.25, 0.3) is 0 Å². The molecule has 0 aliphatic carbocycles. The van der Waals surface area contributed by atoms with Gasteiger partial charge < -0.3 is 14.8 Å². The van der Waals surface area contributed by atoms with E-state index in [0.717, 1.165) is 25.0 Å². The zero-order chi connectivity index (χ0) is 14.4. The van der Waals surface area contributed by atoms with E-state index in [1.807, 2.05) is 12.1 Å². The van der Waals surface area contributed by atoms with Gasteiger partial charge in [0, 0.05) is 13.2 Å². The van der Waals surface area contributed by atoms with E-state index in [4.69, 9.17) is 9.47 Å². The molecule has 2 atom stereocenters. The molecule has 4 nitrogen and oxygen atoms in total. The van der Waals surface area contributed by atoms with Gasteiger partial charge in [-0.15, -0.1) is 0 Å². The molecule has 0 bridgehead atoms. The molecule has 1 aromatic rings. The monoisotopic (exact) mass is 277 g/mol. The first-order chi connectivity index (χ1) is 9.70. The van der Waals surface area contributed by atoms with Gasteiger partial charge >= 0.3 is 0 Å². The number of hydrogen-bond acceptors (Lipinski definition) is 3. The number of ether oxygens (including phenoxy) is 2. The Hall–Kier alpha value is -1.55. The maximum Gasteiger partial charge on any atom is 0.249 e. The molecule has 1 aromatic carbocycles. The first-order valence-corrected chi connectivity index (χ1v) is 7.24. The Morgan fingerprint density at radius 2 is 2.20 bits per heavy atom. The number of benzene rings is 1. The Balaban J connectivity index is 1.73. The van der Waals surface area contributed by atoms with Crippen molar-refractivity contribution < 1.29 is 14.3 Å². The summed E-state index contributed by atoms with van der Waals surface area (Å²) in [4.78, 5) is 11.8. The van der Waals surface area contributed by atoms with Crippen molar-refractivity contribution in [2.24, 2.45) is 0 Å². The molecule has 1 amide bonds. The summed E-state index contributed by atoms with van der Waals surface area (Å²) in [6.45, 7) is 3.56. The topological polar surface area (TPSA) is 47.6 Å². The quantitative estimate of drug-likeness (QED) is 0.869. The van der Waals surface area contributed by atoms with Crippen molar-refractivity contribution in [2.75, 3.05) is 20.3 Å². The molecular formula is C16H23NO3. The van der Waals surface area contributed by atoms with E-state index < -0.39 is 0 Å². The maximum absolute atomic E-state index is 11.8.